The molecule has 1 aliphatic rings. The van der Waals surface area contributed by atoms with Crippen molar-refractivity contribution in [2.24, 2.45) is 5.92 Å². The lowest BCUT2D eigenvalue weighted by molar-refractivity contribution is -0.134. The molecule has 2 aromatic rings. The fourth-order valence-electron chi connectivity index (χ4n) is 2.96. The number of carbonyl (C=O) groups excluding carboxylic acids is 1. The van der Waals surface area contributed by atoms with Crippen molar-refractivity contribution < 1.29 is 13.9 Å². The van der Waals surface area contributed by atoms with E-state index in [1.807, 2.05) is 17.9 Å². The third-order valence-corrected chi connectivity index (χ3v) is 4.38. The number of hydrogen-bond acceptors (Lipinski definition) is 3. The number of benzene rings is 1. The fourth-order valence-corrected chi connectivity index (χ4v) is 2.96. The number of piperidine rings is 1. The van der Waals surface area contributed by atoms with E-state index in [0.717, 1.165) is 25.1 Å². The molecule has 5 nitrogen and oxygen atoms in total. The summed E-state index contributed by atoms with van der Waals surface area (Å²) in [5.74, 6) is 0.775. The van der Waals surface area contributed by atoms with Crippen molar-refractivity contribution in [3.63, 3.8) is 0 Å². The summed E-state index contributed by atoms with van der Waals surface area (Å²) in [6.07, 6.45) is 3.71. The predicted octanol–water partition coefficient (Wildman–Crippen LogP) is 2.65. The van der Waals surface area contributed by atoms with Crippen molar-refractivity contribution in [2.45, 2.75) is 26.3 Å². The zero-order valence-corrected chi connectivity index (χ0v) is 13.8. The molecule has 1 aliphatic heterocycles. The molecule has 1 aromatic carbocycles. The minimum Gasteiger partial charge on any atom is -0.493 e. The van der Waals surface area contributed by atoms with Gasteiger partial charge in [0.1, 0.15) is 18.1 Å². The van der Waals surface area contributed by atoms with Gasteiger partial charge < -0.3 is 9.64 Å². The van der Waals surface area contributed by atoms with Crippen LogP contribution in [0.15, 0.2) is 36.5 Å². The van der Waals surface area contributed by atoms with Gasteiger partial charge in [-0.05, 0) is 50.1 Å². The van der Waals surface area contributed by atoms with Crippen LogP contribution in [-0.4, -0.2) is 40.3 Å². The first-order valence-corrected chi connectivity index (χ1v) is 8.26. The van der Waals surface area contributed by atoms with Crippen molar-refractivity contribution in [1.29, 1.82) is 0 Å². The number of likely N-dealkylation sites (tertiary alicyclic amines) is 1. The van der Waals surface area contributed by atoms with Crippen LogP contribution in [0.1, 0.15) is 18.5 Å². The summed E-state index contributed by atoms with van der Waals surface area (Å²) in [6, 6.07) is 7.92. The average Bonchev–Trinajstić information content (AvgIpc) is 2.99. The van der Waals surface area contributed by atoms with E-state index in [9.17, 15) is 9.18 Å². The number of carbonyl (C=O) groups is 1. The van der Waals surface area contributed by atoms with E-state index in [1.165, 1.54) is 12.1 Å². The smallest absolute Gasteiger partial charge is 0.244 e. The van der Waals surface area contributed by atoms with E-state index in [1.54, 1.807) is 23.0 Å². The highest BCUT2D eigenvalue weighted by molar-refractivity contribution is 5.76. The molecule has 0 saturated carbocycles. The number of hydrogen-bond donors (Lipinski definition) is 0. The molecule has 1 aromatic heterocycles. The van der Waals surface area contributed by atoms with Gasteiger partial charge >= 0.3 is 0 Å². The highest BCUT2D eigenvalue weighted by Gasteiger charge is 2.24. The van der Waals surface area contributed by atoms with E-state index < -0.39 is 0 Å². The monoisotopic (exact) mass is 331 g/mol. The van der Waals surface area contributed by atoms with Gasteiger partial charge in [-0.25, -0.2) is 4.39 Å². The van der Waals surface area contributed by atoms with Crippen molar-refractivity contribution in [2.75, 3.05) is 19.7 Å². The lowest BCUT2D eigenvalue weighted by atomic mass is 9.99. The second-order valence-corrected chi connectivity index (χ2v) is 6.24. The molecule has 24 heavy (non-hydrogen) atoms. The van der Waals surface area contributed by atoms with Crippen LogP contribution < -0.4 is 4.74 Å². The maximum atomic E-state index is 12.9. The van der Waals surface area contributed by atoms with Gasteiger partial charge in [-0.3, -0.25) is 9.48 Å². The minimum atomic E-state index is -0.272. The van der Waals surface area contributed by atoms with Crippen LogP contribution in [0.2, 0.25) is 0 Å². The molecule has 128 valence electrons. The SMILES string of the molecule is Cc1ccnn1CC(=O)N1CCCC(COc2ccc(F)cc2)C1. The number of ether oxygens (including phenoxy) is 1. The number of aryl methyl sites for hydroxylation is 1. The Morgan fingerprint density at radius 2 is 2.12 bits per heavy atom. The highest BCUT2D eigenvalue weighted by Crippen LogP contribution is 2.19. The lowest BCUT2D eigenvalue weighted by Crippen LogP contribution is -2.43. The lowest BCUT2D eigenvalue weighted by Gasteiger charge is -2.32. The number of amides is 1. The molecular formula is C18H22FN3O2. The first kappa shape index (κ1) is 16.5. The first-order chi connectivity index (χ1) is 11.6. The van der Waals surface area contributed by atoms with Crippen LogP contribution in [-0.2, 0) is 11.3 Å². The molecule has 0 spiro atoms. The topological polar surface area (TPSA) is 47.4 Å². The molecular weight excluding hydrogens is 309 g/mol. The number of rotatable bonds is 5. The Kier molecular flexibility index (Phi) is 5.13. The maximum Gasteiger partial charge on any atom is 0.244 e. The molecule has 6 heteroatoms. The van der Waals surface area contributed by atoms with Crippen molar-refractivity contribution in [3.05, 3.63) is 48.0 Å². The summed E-state index contributed by atoms with van der Waals surface area (Å²) in [7, 11) is 0. The largest absolute Gasteiger partial charge is 0.493 e. The summed E-state index contributed by atoms with van der Waals surface area (Å²) in [6.45, 7) is 4.24. The molecule has 0 radical (unpaired) electrons. The second kappa shape index (κ2) is 7.47. The second-order valence-electron chi connectivity index (χ2n) is 6.24. The van der Waals surface area contributed by atoms with E-state index in [-0.39, 0.29) is 18.3 Å². The highest BCUT2D eigenvalue weighted by atomic mass is 19.1. The molecule has 3 rings (SSSR count). The third-order valence-electron chi connectivity index (χ3n) is 4.38. The summed E-state index contributed by atoms with van der Waals surface area (Å²) >= 11 is 0. The van der Waals surface area contributed by atoms with E-state index in [2.05, 4.69) is 5.10 Å². The van der Waals surface area contributed by atoms with Gasteiger partial charge in [-0.1, -0.05) is 0 Å². The Labute approximate surface area is 141 Å². The zero-order chi connectivity index (χ0) is 16.9. The van der Waals surface area contributed by atoms with Crippen LogP contribution in [0.4, 0.5) is 4.39 Å². The van der Waals surface area contributed by atoms with Gasteiger partial charge in [0.15, 0.2) is 0 Å². The number of nitrogens with zero attached hydrogens (tertiary/aromatic N) is 3. The summed E-state index contributed by atoms with van der Waals surface area (Å²) < 4.78 is 20.4. The molecule has 1 atom stereocenters. The van der Waals surface area contributed by atoms with Crippen LogP contribution in [0.25, 0.3) is 0 Å². The van der Waals surface area contributed by atoms with Crippen LogP contribution in [0.3, 0.4) is 0 Å². The fraction of sp³-hybridized carbons (Fsp3) is 0.444. The Morgan fingerprint density at radius 3 is 2.83 bits per heavy atom. The molecule has 0 bridgehead atoms. The minimum absolute atomic E-state index is 0.0910. The summed E-state index contributed by atoms with van der Waals surface area (Å²) in [5, 5.41) is 4.17. The predicted molar refractivity (Wildman–Crippen MR) is 88.2 cm³/mol. The quantitative estimate of drug-likeness (QED) is 0.846. The van der Waals surface area contributed by atoms with Gasteiger partial charge in [0.25, 0.3) is 0 Å². The van der Waals surface area contributed by atoms with Gasteiger partial charge in [-0.2, -0.15) is 5.10 Å². The van der Waals surface area contributed by atoms with E-state index >= 15 is 0 Å². The van der Waals surface area contributed by atoms with Gasteiger partial charge in [0.05, 0.1) is 6.61 Å². The molecule has 2 heterocycles. The van der Waals surface area contributed by atoms with Gasteiger partial charge in [0, 0.05) is 30.9 Å². The van der Waals surface area contributed by atoms with E-state index in [4.69, 9.17) is 4.74 Å². The number of aromatic nitrogens is 2. The molecule has 0 N–H and O–H groups in total. The Hall–Kier alpha value is -2.37. The van der Waals surface area contributed by atoms with Crippen LogP contribution in [0.5, 0.6) is 5.75 Å². The normalized spacial score (nSPS) is 17.8. The van der Waals surface area contributed by atoms with Crippen molar-refractivity contribution in [3.8, 4) is 5.75 Å². The van der Waals surface area contributed by atoms with Crippen LogP contribution >= 0.6 is 0 Å². The third kappa shape index (κ3) is 4.13. The molecule has 1 unspecified atom stereocenters. The molecule has 1 fully saturated rings. The van der Waals surface area contributed by atoms with Gasteiger partial charge in [0.2, 0.25) is 5.91 Å². The van der Waals surface area contributed by atoms with Crippen molar-refractivity contribution in [1.82, 2.24) is 14.7 Å². The molecule has 0 aliphatic carbocycles. The molecule has 1 amide bonds. The van der Waals surface area contributed by atoms with Crippen LogP contribution in [0, 0.1) is 18.7 Å². The average molecular weight is 331 g/mol. The number of halogens is 1. The maximum absolute atomic E-state index is 12.9. The van der Waals surface area contributed by atoms with Crippen molar-refractivity contribution >= 4 is 5.91 Å². The standard InChI is InChI=1S/C18H22FN3O2/c1-14-8-9-20-22(14)12-18(23)21-10-2-3-15(11-21)13-24-17-6-4-16(19)5-7-17/h4-9,15H,2-3,10-13H2,1H3. The Morgan fingerprint density at radius 1 is 1.33 bits per heavy atom. The Bertz CT molecular complexity index is 684. The molecule has 1 saturated heterocycles. The summed E-state index contributed by atoms with van der Waals surface area (Å²) in [5.41, 5.74) is 0.983. The first-order valence-electron chi connectivity index (χ1n) is 8.26. The van der Waals surface area contributed by atoms with E-state index in [0.29, 0.717) is 24.8 Å². The summed E-state index contributed by atoms with van der Waals surface area (Å²) in [4.78, 5) is 14.3. The zero-order valence-electron chi connectivity index (χ0n) is 13.8. The van der Waals surface area contributed by atoms with Gasteiger partial charge in [-0.15, -0.1) is 0 Å². The Balaban J connectivity index is 1.51.